The van der Waals surface area contributed by atoms with Crippen molar-refractivity contribution in [3.63, 3.8) is 0 Å². The molecule has 4 aromatic carbocycles. The van der Waals surface area contributed by atoms with Crippen molar-refractivity contribution in [1.82, 2.24) is 5.32 Å². The fraction of sp³-hybridized carbons (Fsp3) is 0.242. The molecular formula is C33H31BrFNO4. The number of amides is 1. The maximum absolute atomic E-state index is 15.3. The lowest BCUT2D eigenvalue weighted by Gasteiger charge is -2.38. The third-order valence-electron chi connectivity index (χ3n) is 7.62. The standard InChI is InChI=1S/C33H31BrFNO4/c1-23(38)36-32(28-19-27(34)17-18-30(28)35)22-39-31(29(32)20-37)21-40-33(24-11-5-2-6-12-24,25-13-7-3-8-14-25)26-15-9-4-10-16-26/h2-19,29,31,37H,20-22H2,1H3,(H,36,38)/t29-,31-,32-/m1/s1. The van der Waals surface area contributed by atoms with Gasteiger partial charge in [0.1, 0.15) is 11.4 Å². The zero-order valence-electron chi connectivity index (χ0n) is 22.1. The fourth-order valence-corrected chi connectivity index (χ4v) is 6.18. The van der Waals surface area contributed by atoms with Gasteiger partial charge in [-0.25, -0.2) is 4.39 Å². The first-order valence-corrected chi connectivity index (χ1v) is 14.0. The van der Waals surface area contributed by atoms with Gasteiger partial charge in [-0.2, -0.15) is 0 Å². The predicted molar refractivity (Wildman–Crippen MR) is 155 cm³/mol. The van der Waals surface area contributed by atoms with Crippen molar-refractivity contribution in [1.29, 1.82) is 0 Å². The van der Waals surface area contributed by atoms with Crippen molar-refractivity contribution in [3.8, 4) is 0 Å². The average Bonchev–Trinajstić information content (AvgIpc) is 3.33. The zero-order valence-corrected chi connectivity index (χ0v) is 23.7. The first-order valence-electron chi connectivity index (χ1n) is 13.2. The molecule has 1 heterocycles. The number of carbonyl (C=O) groups is 1. The monoisotopic (exact) mass is 603 g/mol. The molecule has 0 spiro atoms. The van der Waals surface area contributed by atoms with Crippen LogP contribution in [0.4, 0.5) is 4.39 Å². The highest BCUT2D eigenvalue weighted by Crippen LogP contribution is 2.45. The van der Waals surface area contributed by atoms with Crippen molar-refractivity contribution in [3.05, 3.63) is 142 Å². The van der Waals surface area contributed by atoms with Gasteiger partial charge < -0.3 is 19.9 Å². The first kappa shape index (κ1) is 28.2. The van der Waals surface area contributed by atoms with Crippen LogP contribution in [0.25, 0.3) is 0 Å². The lowest BCUT2D eigenvalue weighted by Crippen LogP contribution is -2.53. The van der Waals surface area contributed by atoms with Gasteiger partial charge in [-0.1, -0.05) is 107 Å². The largest absolute Gasteiger partial charge is 0.396 e. The highest BCUT2D eigenvalue weighted by molar-refractivity contribution is 9.10. The van der Waals surface area contributed by atoms with Crippen LogP contribution in [0.1, 0.15) is 29.2 Å². The SMILES string of the molecule is CC(=O)N[C@@]1(c2cc(Br)ccc2F)CO[C@H](COC(c2ccccc2)(c2ccccc2)c2ccccc2)[C@H]1CO. The van der Waals surface area contributed by atoms with Gasteiger partial charge in [0.2, 0.25) is 5.91 Å². The van der Waals surface area contributed by atoms with E-state index in [0.717, 1.165) is 16.7 Å². The van der Waals surface area contributed by atoms with Crippen LogP contribution in [0, 0.1) is 11.7 Å². The van der Waals surface area contributed by atoms with Crippen LogP contribution in [0.3, 0.4) is 0 Å². The van der Waals surface area contributed by atoms with Crippen LogP contribution in [-0.2, 0) is 25.4 Å². The molecular weight excluding hydrogens is 573 g/mol. The van der Waals surface area contributed by atoms with E-state index in [1.807, 2.05) is 91.0 Å². The summed E-state index contributed by atoms with van der Waals surface area (Å²) in [5, 5.41) is 13.6. The van der Waals surface area contributed by atoms with Gasteiger partial charge in [0.15, 0.2) is 0 Å². The van der Waals surface area contributed by atoms with E-state index in [2.05, 4.69) is 21.2 Å². The number of hydrogen-bond donors (Lipinski definition) is 2. The van der Waals surface area contributed by atoms with E-state index in [1.54, 1.807) is 12.1 Å². The maximum atomic E-state index is 15.3. The van der Waals surface area contributed by atoms with Crippen molar-refractivity contribution in [2.24, 2.45) is 5.92 Å². The molecule has 1 aliphatic rings. The van der Waals surface area contributed by atoms with Gasteiger partial charge >= 0.3 is 0 Å². The van der Waals surface area contributed by atoms with Crippen LogP contribution in [0.2, 0.25) is 0 Å². The Balaban J connectivity index is 1.58. The second kappa shape index (κ2) is 12.0. The Bertz CT molecular complexity index is 1340. The molecule has 1 aliphatic heterocycles. The van der Waals surface area contributed by atoms with E-state index in [-0.39, 0.29) is 31.3 Å². The second-order valence-corrected chi connectivity index (χ2v) is 10.9. The minimum absolute atomic E-state index is 0.0196. The molecule has 40 heavy (non-hydrogen) atoms. The highest BCUT2D eigenvalue weighted by atomic mass is 79.9. The molecule has 0 unspecified atom stereocenters. The Morgan fingerprint density at radius 3 is 1.98 bits per heavy atom. The van der Waals surface area contributed by atoms with Crippen LogP contribution in [0.15, 0.2) is 114 Å². The smallest absolute Gasteiger partial charge is 0.217 e. The Kier molecular flexibility index (Phi) is 8.47. The number of ether oxygens (including phenoxy) is 2. The molecule has 0 bridgehead atoms. The number of rotatable bonds is 9. The summed E-state index contributed by atoms with van der Waals surface area (Å²) in [6.07, 6.45) is -0.647. The number of halogens is 2. The zero-order chi connectivity index (χ0) is 28.2. The summed E-state index contributed by atoms with van der Waals surface area (Å²) in [7, 11) is 0. The number of nitrogens with one attached hydrogen (secondary N) is 1. The number of benzene rings is 4. The molecule has 4 aromatic rings. The lowest BCUT2D eigenvalue weighted by atomic mass is 9.77. The Hall–Kier alpha value is -3.36. The topological polar surface area (TPSA) is 67.8 Å². The van der Waals surface area contributed by atoms with Gasteiger partial charge in [0.05, 0.1) is 31.5 Å². The summed E-state index contributed by atoms with van der Waals surface area (Å²) in [6.45, 7) is 1.07. The molecule has 5 rings (SSSR count). The molecule has 7 heteroatoms. The van der Waals surface area contributed by atoms with Crippen molar-refractivity contribution in [2.45, 2.75) is 24.2 Å². The van der Waals surface area contributed by atoms with Crippen molar-refractivity contribution < 1.29 is 23.8 Å². The molecule has 206 valence electrons. The Morgan fingerprint density at radius 2 is 1.50 bits per heavy atom. The van der Waals surface area contributed by atoms with E-state index in [0.29, 0.717) is 4.47 Å². The second-order valence-electron chi connectivity index (χ2n) is 10.0. The first-order chi connectivity index (χ1) is 19.4. The van der Waals surface area contributed by atoms with Crippen LogP contribution < -0.4 is 5.32 Å². The summed E-state index contributed by atoms with van der Waals surface area (Å²) in [6, 6.07) is 34.4. The molecule has 0 saturated carbocycles. The van der Waals surface area contributed by atoms with E-state index < -0.39 is 29.0 Å². The minimum Gasteiger partial charge on any atom is -0.396 e. The van der Waals surface area contributed by atoms with E-state index in [9.17, 15) is 9.90 Å². The number of aliphatic hydroxyl groups is 1. The van der Waals surface area contributed by atoms with Crippen molar-refractivity contribution >= 4 is 21.8 Å². The molecule has 3 atom stereocenters. The summed E-state index contributed by atoms with van der Waals surface area (Å²) in [5.41, 5.74) is 0.760. The van der Waals surface area contributed by atoms with E-state index >= 15 is 4.39 Å². The molecule has 1 amide bonds. The van der Waals surface area contributed by atoms with Crippen LogP contribution in [0.5, 0.6) is 0 Å². The molecule has 0 aliphatic carbocycles. The van der Waals surface area contributed by atoms with E-state index in [1.165, 1.54) is 13.0 Å². The van der Waals surface area contributed by atoms with Gasteiger partial charge in [0, 0.05) is 22.9 Å². The maximum Gasteiger partial charge on any atom is 0.217 e. The normalized spacial score (nSPS) is 20.8. The highest BCUT2D eigenvalue weighted by Gasteiger charge is 2.53. The number of carbonyl (C=O) groups excluding carboxylic acids is 1. The van der Waals surface area contributed by atoms with Gasteiger partial charge in [-0.15, -0.1) is 0 Å². The Morgan fingerprint density at radius 1 is 0.975 bits per heavy atom. The molecule has 5 nitrogen and oxygen atoms in total. The molecule has 0 aromatic heterocycles. The van der Waals surface area contributed by atoms with Gasteiger partial charge in [-0.3, -0.25) is 4.79 Å². The minimum atomic E-state index is -1.28. The van der Waals surface area contributed by atoms with Crippen LogP contribution in [-0.4, -0.2) is 36.9 Å². The lowest BCUT2D eigenvalue weighted by molar-refractivity contribution is -0.121. The third-order valence-corrected chi connectivity index (χ3v) is 8.11. The molecule has 1 fully saturated rings. The quantitative estimate of drug-likeness (QED) is 0.233. The van der Waals surface area contributed by atoms with Gasteiger partial charge in [0.25, 0.3) is 0 Å². The summed E-state index contributed by atoms with van der Waals surface area (Å²) in [5.74, 6) is -1.52. The Labute approximate surface area is 242 Å². The average molecular weight is 605 g/mol. The summed E-state index contributed by atoms with van der Waals surface area (Å²) in [4.78, 5) is 12.4. The fourth-order valence-electron chi connectivity index (χ4n) is 5.82. The van der Waals surface area contributed by atoms with Crippen LogP contribution >= 0.6 is 15.9 Å². The van der Waals surface area contributed by atoms with E-state index in [4.69, 9.17) is 9.47 Å². The molecule has 0 radical (unpaired) electrons. The summed E-state index contributed by atoms with van der Waals surface area (Å²) >= 11 is 3.42. The van der Waals surface area contributed by atoms with Gasteiger partial charge in [-0.05, 0) is 34.9 Å². The number of hydrogen-bond acceptors (Lipinski definition) is 4. The predicted octanol–water partition coefficient (Wildman–Crippen LogP) is 5.94. The van der Waals surface area contributed by atoms with Crippen molar-refractivity contribution in [2.75, 3.05) is 19.8 Å². The molecule has 2 N–H and O–H groups in total. The number of aliphatic hydroxyl groups excluding tert-OH is 1. The molecule has 1 saturated heterocycles. The third kappa shape index (κ3) is 5.22. The summed E-state index contributed by atoms with van der Waals surface area (Å²) < 4.78 is 29.1.